The number of pyridine rings is 1. The van der Waals surface area contributed by atoms with E-state index in [2.05, 4.69) is 111 Å². The van der Waals surface area contributed by atoms with Gasteiger partial charge in [0, 0.05) is 33.6 Å². The highest BCUT2D eigenvalue weighted by Gasteiger charge is 2.18. The molecule has 0 radical (unpaired) electrons. The summed E-state index contributed by atoms with van der Waals surface area (Å²) in [4.78, 5) is 9.34. The van der Waals surface area contributed by atoms with Crippen molar-refractivity contribution in [2.45, 2.75) is 26.2 Å². The Balaban J connectivity index is 1.34. The van der Waals surface area contributed by atoms with E-state index in [1.54, 1.807) is 0 Å². The Labute approximate surface area is 240 Å². The summed E-state index contributed by atoms with van der Waals surface area (Å²) in [6, 6.07) is 33.2. The third-order valence-corrected chi connectivity index (χ3v) is 7.77. The molecule has 0 atom stereocenters. The van der Waals surface area contributed by atoms with Gasteiger partial charge in [-0.05, 0) is 65.6 Å². The van der Waals surface area contributed by atoms with Crippen molar-refractivity contribution < 1.29 is 4.74 Å². The van der Waals surface area contributed by atoms with Crippen molar-refractivity contribution in [2.75, 3.05) is 0 Å². The number of imidazole rings is 1. The molecule has 0 aliphatic rings. The molecule has 4 aromatic carbocycles. The van der Waals surface area contributed by atoms with Gasteiger partial charge in [0.15, 0.2) is 0 Å². The van der Waals surface area contributed by atoms with Crippen molar-refractivity contribution >= 4 is 48.8 Å². The summed E-state index contributed by atoms with van der Waals surface area (Å²) in [7, 11) is 0. The van der Waals surface area contributed by atoms with Crippen LogP contribution in [-0.2, 0) is 5.41 Å². The van der Waals surface area contributed by atoms with Crippen LogP contribution in [0.15, 0.2) is 114 Å². The van der Waals surface area contributed by atoms with E-state index in [1.165, 1.54) is 10.9 Å². The standard InChI is InChI=1S/C34H27BrN4O/c1-34(2,3)22-14-15-36-33(16-22)39-30-10-6-4-8-27(30)28-13-12-25(20-32(28)39)40-26-18-23(35)17-24(19-26)38-21-37-29-9-5-7-11-31(29)38/h4-21H,1-3H3. The number of hydrogen-bond acceptors (Lipinski definition) is 3. The summed E-state index contributed by atoms with van der Waals surface area (Å²) in [6.45, 7) is 6.67. The van der Waals surface area contributed by atoms with Crippen LogP contribution in [0.3, 0.4) is 0 Å². The first kappa shape index (κ1) is 24.6. The summed E-state index contributed by atoms with van der Waals surface area (Å²) in [5, 5.41) is 2.34. The molecule has 0 bridgehead atoms. The highest BCUT2D eigenvalue weighted by Crippen LogP contribution is 2.36. The molecule has 0 aliphatic carbocycles. The fourth-order valence-corrected chi connectivity index (χ4v) is 5.77. The van der Waals surface area contributed by atoms with Gasteiger partial charge >= 0.3 is 0 Å². The second-order valence-corrected chi connectivity index (χ2v) is 12.0. The number of nitrogens with zero attached hydrogens (tertiary/aromatic N) is 4. The van der Waals surface area contributed by atoms with Crippen LogP contribution < -0.4 is 4.74 Å². The van der Waals surface area contributed by atoms with E-state index < -0.39 is 0 Å². The smallest absolute Gasteiger partial charge is 0.137 e. The fourth-order valence-electron chi connectivity index (χ4n) is 5.31. The van der Waals surface area contributed by atoms with Gasteiger partial charge in [0.05, 0.1) is 27.8 Å². The van der Waals surface area contributed by atoms with Crippen LogP contribution in [-0.4, -0.2) is 19.1 Å². The molecule has 0 saturated heterocycles. The number of aromatic nitrogens is 4. The second-order valence-electron chi connectivity index (χ2n) is 11.0. The molecule has 0 fully saturated rings. The highest BCUT2D eigenvalue weighted by molar-refractivity contribution is 9.10. The molecule has 0 unspecified atom stereocenters. The molecule has 3 heterocycles. The minimum absolute atomic E-state index is 0.0175. The van der Waals surface area contributed by atoms with E-state index in [0.29, 0.717) is 0 Å². The lowest BCUT2D eigenvalue weighted by molar-refractivity contribution is 0.482. The summed E-state index contributed by atoms with van der Waals surface area (Å²) in [6.07, 6.45) is 3.75. The topological polar surface area (TPSA) is 44.9 Å². The number of halogens is 1. The average Bonchev–Trinajstić information content (AvgIpc) is 3.51. The minimum Gasteiger partial charge on any atom is -0.457 e. The predicted octanol–water partition coefficient (Wildman–Crippen LogP) is 9.37. The molecule has 5 nitrogen and oxygen atoms in total. The first-order valence-corrected chi connectivity index (χ1v) is 14.1. The lowest BCUT2D eigenvalue weighted by Crippen LogP contribution is -2.12. The molecule has 6 heteroatoms. The van der Waals surface area contributed by atoms with E-state index in [9.17, 15) is 0 Å². The quantitative estimate of drug-likeness (QED) is 0.206. The molecule has 0 amide bonds. The predicted molar refractivity (Wildman–Crippen MR) is 166 cm³/mol. The number of benzene rings is 4. The largest absolute Gasteiger partial charge is 0.457 e. The lowest BCUT2D eigenvalue weighted by Gasteiger charge is -2.20. The zero-order chi connectivity index (χ0) is 27.4. The number of fused-ring (bicyclic) bond motifs is 4. The Morgan fingerprint density at radius 3 is 2.33 bits per heavy atom. The maximum Gasteiger partial charge on any atom is 0.137 e. The van der Waals surface area contributed by atoms with Crippen LogP contribution in [0.25, 0.3) is 44.3 Å². The summed E-state index contributed by atoms with van der Waals surface area (Å²) in [5.74, 6) is 2.38. The zero-order valence-electron chi connectivity index (χ0n) is 22.5. The lowest BCUT2D eigenvalue weighted by atomic mass is 9.88. The van der Waals surface area contributed by atoms with E-state index in [4.69, 9.17) is 9.72 Å². The van der Waals surface area contributed by atoms with Gasteiger partial charge in [0.1, 0.15) is 23.6 Å². The second kappa shape index (κ2) is 9.35. The molecule has 0 N–H and O–H groups in total. The Morgan fingerprint density at radius 1 is 0.700 bits per heavy atom. The maximum atomic E-state index is 6.49. The normalized spacial score (nSPS) is 12.0. The van der Waals surface area contributed by atoms with Crippen LogP contribution in [0, 0.1) is 0 Å². The van der Waals surface area contributed by atoms with Crippen LogP contribution >= 0.6 is 15.9 Å². The van der Waals surface area contributed by atoms with Crippen molar-refractivity contribution in [3.05, 3.63) is 120 Å². The summed E-state index contributed by atoms with van der Waals surface area (Å²) >= 11 is 3.68. The van der Waals surface area contributed by atoms with Crippen molar-refractivity contribution in [3.8, 4) is 23.0 Å². The van der Waals surface area contributed by atoms with Gasteiger partial charge in [0.2, 0.25) is 0 Å². The Morgan fingerprint density at radius 2 is 1.48 bits per heavy atom. The van der Waals surface area contributed by atoms with Gasteiger partial charge in [-0.2, -0.15) is 0 Å². The van der Waals surface area contributed by atoms with E-state index >= 15 is 0 Å². The SMILES string of the molecule is CC(C)(C)c1ccnc(-n2c3ccccc3c3ccc(Oc4cc(Br)cc(-n5cnc6ccccc65)c4)cc32)c1. The van der Waals surface area contributed by atoms with Crippen molar-refractivity contribution in [1.82, 2.24) is 19.1 Å². The fraction of sp³-hybridized carbons (Fsp3) is 0.118. The minimum atomic E-state index is 0.0175. The summed E-state index contributed by atoms with van der Waals surface area (Å²) in [5.41, 5.74) is 6.39. The van der Waals surface area contributed by atoms with Crippen molar-refractivity contribution in [2.24, 2.45) is 0 Å². The van der Waals surface area contributed by atoms with Gasteiger partial charge in [-0.3, -0.25) is 9.13 Å². The number of para-hydroxylation sites is 3. The molecule has 0 aliphatic heterocycles. The van der Waals surface area contributed by atoms with E-state index in [-0.39, 0.29) is 5.41 Å². The molecule has 7 aromatic rings. The molecule has 3 aromatic heterocycles. The number of ether oxygens (including phenoxy) is 1. The van der Waals surface area contributed by atoms with Crippen LogP contribution in [0.5, 0.6) is 11.5 Å². The molecule has 7 rings (SSSR count). The molecular formula is C34H27BrN4O. The van der Waals surface area contributed by atoms with Crippen LogP contribution in [0.4, 0.5) is 0 Å². The van der Waals surface area contributed by atoms with Gasteiger partial charge in [-0.1, -0.05) is 67.0 Å². The molecule has 40 heavy (non-hydrogen) atoms. The Kier molecular flexibility index (Phi) is 5.75. The third kappa shape index (κ3) is 4.25. The maximum absolute atomic E-state index is 6.49. The van der Waals surface area contributed by atoms with Gasteiger partial charge in [0.25, 0.3) is 0 Å². The summed E-state index contributed by atoms with van der Waals surface area (Å²) < 4.78 is 11.7. The molecule has 0 spiro atoms. The molecule has 0 saturated carbocycles. The van der Waals surface area contributed by atoms with Gasteiger partial charge in [-0.15, -0.1) is 0 Å². The Bertz CT molecular complexity index is 2050. The Hall–Kier alpha value is -4.42. The molecular weight excluding hydrogens is 560 g/mol. The van der Waals surface area contributed by atoms with Crippen LogP contribution in [0.2, 0.25) is 0 Å². The monoisotopic (exact) mass is 586 g/mol. The van der Waals surface area contributed by atoms with Gasteiger partial charge in [-0.25, -0.2) is 9.97 Å². The van der Waals surface area contributed by atoms with E-state index in [1.807, 2.05) is 48.9 Å². The first-order valence-electron chi connectivity index (χ1n) is 13.3. The average molecular weight is 588 g/mol. The molecule has 196 valence electrons. The number of hydrogen-bond donors (Lipinski definition) is 0. The van der Waals surface area contributed by atoms with Gasteiger partial charge < -0.3 is 4.74 Å². The van der Waals surface area contributed by atoms with Crippen molar-refractivity contribution in [3.63, 3.8) is 0 Å². The highest BCUT2D eigenvalue weighted by atomic mass is 79.9. The first-order chi connectivity index (χ1) is 19.3. The van der Waals surface area contributed by atoms with E-state index in [0.717, 1.165) is 54.9 Å². The zero-order valence-corrected chi connectivity index (χ0v) is 24.1. The third-order valence-electron chi connectivity index (χ3n) is 7.31. The van der Waals surface area contributed by atoms with Crippen LogP contribution in [0.1, 0.15) is 26.3 Å². The van der Waals surface area contributed by atoms with Crippen molar-refractivity contribution in [1.29, 1.82) is 0 Å². The number of rotatable bonds is 4.